The number of aromatic nitrogens is 4. The molecule has 0 bridgehead atoms. The summed E-state index contributed by atoms with van der Waals surface area (Å²) < 4.78 is 44.0. The number of likely N-dealkylation sites (tertiary alicyclic amines) is 1. The van der Waals surface area contributed by atoms with Crippen molar-refractivity contribution in [3.63, 3.8) is 0 Å². The van der Waals surface area contributed by atoms with Crippen molar-refractivity contribution in [2.75, 3.05) is 13.2 Å². The van der Waals surface area contributed by atoms with E-state index in [-0.39, 0.29) is 18.4 Å². The number of nitrogens with one attached hydrogen (secondary N) is 1. The minimum atomic E-state index is -4.38. The van der Waals surface area contributed by atoms with Crippen molar-refractivity contribution in [2.24, 2.45) is 0 Å². The standard InChI is InChI=1S/C23H26F3N5O/c1-2-22-27-13-16(14-28-22)15-31-9-4-7-21(31)20-12-18(29-30-20)8-10-32-19-6-3-5-17(11-19)23(24,25)26/h3,5-6,11-14,21H,2,4,7-10,15H2,1H3,(H,29,30)/t21-/m1/s1. The van der Waals surface area contributed by atoms with Gasteiger partial charge in [-0.2, -0.15) is 18.3 Å². The molecule has 0 saturated carbocycles. The van der Waals surface area contributed by atoms with Gasteiger partial charge in [-0.25, -0.2) is 9.97 Å². The molecule has 1 atom stereocenters. The molecule has 9 heteroatoms. The van der Waals surface area contributed by atoms with Gasteiger partial charge in [-0.3, -0.25) is 10.00 Å². The van der Waals surface area contributed by atoms with Gasteiger partial charge >= 0.3 is 6.18 Å². The van der Waals surface area contributed by atoms with Crippen molar-refractivity contribution < 1.29 is 17.9 Å². The van der Waals surface area contributed by atoms with Crippen LogP contribution in [0, 0.1) is 0 Å². The van der Waals surface area contributed by atoms with Crippen LogP contribution in [0.1, 0.15) is 54.1 Å². The molecule has 0 unspecified atom stereocenters. The molecule has 2 aromatic heterocycles. The number of aromatic amines is 1. The number of alkyl halides is 3. The Morgan fingerprint density at radius 2 is 2.00 bits per heavy atom. The summed E-state index contributed by atoms with van der Waals surface area (Å²) in [6.07, 6.45) is 2.88. The zero-order valence-electron chi connectivity index (χ0n) is 17.9. The van der Waals surface area contributed by atoms with Crippen LogP contribution in [0.5, 0.6) is 5.75 Å². The predicted octanol–water partition coefficient (Wildman–Crippen LogP) is 4.74. The lowest BCUT2D eigenvalue weighted by molar-refractivity contribution is -0.137. The molecule has 0 radical (unpaired) electrons. The monoisotopic (exact) mass is 445 g/mol. The van der Waals surface area contributed by atoms with Crippen LogP contribution >= 0.6 is 0 Å². The highest BCUT2D eigenvalue weighted by atomic mass is 19.4. The molecule has 3 aromatic rings. The van der Waals surface area contributed by atoms with Crippen LogP contribution in [0.2, 0.25) is 0 Å². The van der Waals surface area contributed by atoms with Crippen molar-refractivity contribution >= 4 is 0 Å². The molecule has 1 N–H and O–H groups in total. The zero-order valence-corrected chi connectivity index (χ0v) is 17.9. The number of aryl methyl sites for hydroxylation is 1. The Bertz CT molecular complexity index is 1020. The first-order chi connectivity index (χ1) is 15.4. The van der Waals surface area contributed by atoms with Gasteiger partial charge in [-0.05, 0) is 43.7 Å². The molecule has 170 valence electrons. The molecule has 1 aromatic carbocycles. The molecular weight excluding hydrogens is 419 g/mol. The number of rotatable bonds is 8. The highest BCUT2D eigenvalue weighted by Gasteiger charge is 2.31. The van der Waals surface area contributed by atoms with Gasteiger partial charge < -0.3 is 4.74 Å². The lowest BCUT2D eigenvalue weighted by atomic mass is 10.1. The molecular formula is C23H26F3N5O. The lowest BCUT2D eigenvalue weighted by Crippen LogP contribution is -2.23. The Labute approximate surface area is 184 Å². The molecule has 1 saturated heterocycles. The second kappa shape index (κ2) is 9.68. The van der Waals surface area contributed by atoms with Gasteiger partial charge in [-0.1, -0.05) is 13.0 Å². The first-order valence-corrected chi connectivity index (χ1v) is 10.8. The SMILES string of the molecule is CCc1ncc(CN2CCC[C@@H]2c2cc(CCOc3cccc(C(F)(F)F)c3)[nH]n2)cn1. The topological polar surface area (TPSA) is 66.9 Å². The zero-order chi connectivity index (χ0) is 22.6. The lowest BCUT2D eigenvalue weighted by Gasteiger charge is -2.22. The molecule has 1 fully saturated rings. The van der Waals surface area contributed by atoms with E-state index in [4.69, 9.17) is 4.74 Å². The maximum Gasteiger partial charge on any atom is 0.416 e. The molecule has 1 aliphatic rings. The van der Waals surface area contributed by atoms with E-state index in [1.54, 1.807) is 0 Å². The molecule has 4 rings (SSSR count). The van der Waals surface area contributed by atoms with E-state index in [0.717, 1.165) is 67.3 Å². The Balaban J connectivity index is 1.32. The minimum absolute atomic E-state index is 0.206. The first kappa shape index (κ1) is 22.3. The Hall–Kier alpha value is -2.94. The van der Waals surface area contributed by atoms with Gasteiger partial charge in [0, 0.05) is 43.0 Å². The van der Waals surface area contributed by atoms with Gasteiger partial charge in [0.25, 0.3) is 0 Å². The second-order valence-electron chi connectivity index (χ2n) is 7.93. The van der Waals surface area contributed by atoms with Crippen molar-refractivity contribution in [2.45, 2.75) is 51.4 Å². The third kappa shape index (κ3) is 5.45. The third-order valence-corrected chi connectivity index (χ3v) is 5.62. The number of ether oxygens (including phenoxy) is 1. The van der Waals surface area contributed by atoms with Crippen LogP contribution in [0.4, 0.5) is 13.2 Å². The Morgan fingerprint density at radius 1 is 1.19 bits per heavy atom. The van der Waals surface area contributed by atoms with Gasteiger partial charge in [0.15, 0.2) is 0 Å². The summed E-state index contributed by atoms with van der Waals surface area (Å²) >= 11 is 0. The molecule has 3 heterocycles. The fourth-order valence-electron chi connectivity index (χ4n) is 3.95. The molecule has 0 amide bonds. The van der Waals surface area contributed by atoms with Crippen LogP contribution in [-0.4, -0.2) is 38.2 Å². The van der Waals surface area contributed by atoms with Crippen molar-refractivity contribution in [3.05, 3.63) is 71.1 Å². The first-order valence-electron chi connectivity index (χ1n) is 10.8. The maximum absolute atomic E-state index is 12.8. The van der Waals surface area contributed by atoms with E-state index in [2.05, 4.69) is 25.1 Å². The number of hydrogen-bond donors (Lipinski definition) is 1. The van der Waals surface area contributed by atoms with Gasteiger partial charge in [0.05, 0.1) is 23.9 Å². The van der Waals surface area contributed by atoms with E-state index in [1.165, 1.54) is 12.1 Å². The van der Waals surface area contributed by atoms with Gasteiger partial charge in [0.2, 0.25) is 0 Å². The van der Waals surface area contributed by atoms with Gasteiger partial charge in [0.1, 0.15) is 11.6 Å². The Morgan fingerprint density at radius 3 is 2.75 bits per heavy atom. The molecule has 0 spiro atoms. The summed E-state index contributed by atoms with van der Waals surface area (Å²) in [6, 6.07) is 7.17. The highest BCUT2D eigenvalue weighted by molar-refractivity contribution is 5.30. The van der Waals surface area contributed by atoms with E-state index < -0.39 is 11.7 Å². The van der Waals surface area contributed by atoms with Crippen LogP contribution < -0.4 is 4.74 Å². The summed E-state index contributed by atoms with van der Waals surface area (Å²) in [6.45, 7) is 4.06. The number of nitrogens with zero attached hydrogens (tertiary/aromatic N) is 4. The summed E-state index contributed by atoms with van der Waals surface area (Å²) in [5.41, 5.74) is 2.24. The number of hydrogen-bond acceptors (Lipinski definition) is 5. The Kier molecular flexibility index (Phi) is 6.74. The molecule has 32 heavy (non-hydrogen) atoms. The summed E-state index contributed by atoms with van der Waals surface area (Å²) in [7, 11) is 0. The van der Waals surface area contributed by atoms with Crippen LogP contribution in [0.15, 0.2) is 42.7 Å². The average Bonchev–Trinajstić information content (AvgIpc) is 3.43. The van der Waals surface area contributed by atoms with E-state index >= 15 is 0 Å². The largest absolute Gasteiger partial charge is 0.493 e. The van der Waals surface area contributed by atoms with Gasteiger partial charge in [-0.15, -0.1) is 0 Å². The smallest absolute Gasteiger partial charge is 0.416 e. The van der Waals surface area contributed by atoms with E-state index in [1.807, 2.05) is 25.4 Å². The predicted molar refractivity (Wildman–Crippen MR) is 113 cm³/mol. The van der Waals surface area contributed by atoms with E-state index in [0.29, 0.717) is 6.42 Å². The van der Waals surface area contributed by atoms with Crippen LogP contribution in [-0.2, 0) is 25.6 Å². The summed E-state index contributed by atoms with van der Waals surface area (Å²) in [4.78, 5) is 11.1. The highest BCUT2D eigenvalue weighted by Crippen LogP contribution is 2.33. The quantitative estimate of drug-likeness (QED) is 0.543. The van der Waals surface area contributed by atoms with Crippen LogP contribution in [0.3, 0.4) is 0 Å². The van der Waals surface area contributed by atoms with Crippen LogP contribution in [0.25, 0.3) is 0 Å². The van der Waals surface area contributed by atoms with Crippen molar-refractivity contribution in [3.8, 4) is 5.75 Å². The number of H-pyrrole nitrogens is 1. The molecule has 0 aliphatic carbocycles. The number of halogens is 3. The van der Waals surface area contributed by atoms with E-state index in [9.17, 15) is 13.2 Å². The maximum atomic E-state index is 12.8. The molecule has 1 aliphatic heterocycles. The fraction of sp³-hybridized carbons (Fsp3) is 0.435. The minimum Gasteiger partial charge on any atom is -0.493 e. The summed E-state index contributed by atoms with van der Waals surface area (Å²) in [5.74, 6) is 1.05. The number of benzene rings is 1. The second-order valence-corrected chi connectivity index (χ2v) is 7.93. The average molecular weight is 445 g/mol. The van der Waals surface area contributed by atoms with Crippen molar-refractivity contribution in [1.82, 2.24) is 25.1 Å². The normalized spacial score (nSPS) is 17.1. The third-order valence-electron chi connectivity index (χ3n) is 5.62. The molecule has 6 nitrogen and oxygen atoms in total. The van der Waals surface area contributed by atoms with Crippen molar-refractivity contribution in [1.29, 1.82) is 0 Å². The summed E-state index contributed by atoms with van der Waals surface area (Å²) in [5, 5.41) is 7.53. The fourth-order valence-corrected chi connectivity index (χ4v) is 3.95.